The van der Waals surface area contributed by atoms with Crippen molar-refractivity contribution in [2.75, 3.05) is 32.0 Å². The Labute approximate surface area is 162 Å². The largest absolute Gasteiger partial charge is 0.377 e. The van der Waals surface area contributed by atoms with E-state index in [0.717, 1.165) is 62.3 Å². The van der Waals surface area contributed by atoms with Crippen molar-refractivity contribution in [1.29, 1.82) is 0 Å². The van der Waals surface area contributed by atoms with Crippen molar-refractivity contribution in [3.8, 4) is 0 Å². The molecule has 0 bridgehead atoms. The van der Waals surface area contributed by atoms with Crippen molar-refractivity contribution in [2.24, 2.45) is 5.92 Å². The van der Waals surface area contributed by atoms with Crippen LogP contribution in [0.5, 0.6) is 0 Å². The third-order valence-electron chi connectivity index (χ3n) is 5.33. The second kappa shape index (κ2) is 9.51. The van der Waals surface area contributed by atoms with Gasteiger partial charge in [-0.3, -0.25) is 4.90 Å². The summed E-state index contributed by atoms with van der Waals surface area (Å²) in [5, 5.41) is 0.812. The summed E-state index contributed by atoms with van der Waals surface area (Å²) in [5.41, 5.74) is 1.15. The first-order chi connectivity index (χ1) is 12.5. The number of piperidine rings is 1. The number of hydrogen-bond donors (Lipinski definition) is 1. The maximum atomic E-state index is 12.3. The van der Waals surface area contributed by atoms with Crippen molar-refractivity contribution >= 4 is 21.6 Å². The van der Waals surface area contributed by atoms with E-state index in [-0.39, 0.29) is 11.9 Å². The molecular weight excluding hydrogens is 372 g/mol. The molecule has 26 heavy (non-hydrogen) atoms. The molecule has 0 saturated carbocycles. The molecule has 3 rings (SSSR count). The van der Waals surface area contributed by atoms with Gasteiger partial charge in [-0.1, -0.05) is 29.8 Å². The fraction of sp³-hybridized carbons (Fsp3) is 0.684. The van der Waals surface area contributed by atoms with E-state index < -0.39 is 10.0 Å². The maximum absolute atomic E-state index is 12.3. The van der Waals surface area contributed by atoms with Gasteiger partial charge in [-0.05, 0) is 62.7 Å². The Hall–Kier alpha value is -0.660. The topological polar surface area (TPSA) is 58.6 Å². The van der Waals surface area contributed by atoms with Gasteiger partial charge >= 0.3 is 0 Å². The van der Waals surface area contributed by atoms with Gasteiger partial charge in [0.05, 0.1) is 11.9 Å². The highest BCUT2D eigenvalue weighted by atomic mass is 35.5. The molecule has 1 atom stereocenters. The number of ether oxygens (including phenoxy) is 1. The Morgan fingerprint density at radius 2 is 1.92 bits per heavy atom. The first kappa shape index (κ1) is 20.1. The smallest absolute Gasteiger partial charge is 0.214 e. The predicted octanol–water partition coefficient (Wildman–Crippen LogP) is 3.04. The van der Waals surface area contributed by atoms with Crippen LogP contribution >= 0.6 is 11.6 Å². The average Bonchev–Trinajstić information content (AvgIpc) is 2.64. The van der Waals surface area contributed by atoms with Crippen LogP contribution in [-0.2, 0) is 21.3 Å². The average molecular weight is 401 g/mol. The van der Waals surface area contributed by atoms with Crippen LogP contribution in [-0.4, -0.2) is 51.4 Å². The minimum absolute atomic E-state index is 0.0956. The highest BCUT2D eigenvalue weighted by Crippen LogP contribution is 2.22. The van der Waals surface area contributed by atoms with Gasteiger partial charge in [0.25, 0.3) is 0 Å². The molecule has 0 radical (unpaired) electrons. The molecule has 7 heteroatoms. The van der Waals surface area contributed by atoms with E-state index in [4.69, 9.17) is 16.3 Å². The van der Waals surface area contributed by atoms with Crippen molar-refractivity contribution in [2.45, 2.75) is 44.8 Å². The van der Waals surface area contributed by atoms with E-state index in [2.05, 4.69) is 15.7 Å². The Balaban J connectivity index is 1.39. The zero-order valence-electron chi connectivity index (χ0n) is 15.2. The first-order valence-corrected chi connectivity index (χ1v) is 11.6. The van der Waals surface area contributed by atoms with Gasteiger partial charge in [0.15, 0.2) is 0 Å². The lowest BCUT2D eigenvalue weighted by Gasteiger charge is -2.32. The first-order valence-electron chi connectivity index (χ1n) is 9.56. The molecule has 2 fully saturated rings. The van der Waals surface area contributed by atoms with E-state index in [0.29, 0.717) is 19.1 Å². The van der Waals surface area contributed by atoms with Gasteiger partial charge < -0.3 is 4.74 Å². The molecule has 1 N–H and O–H groups in total. The molecule has 2 aliphatic rings. The van der Waals surface area contributed by atoms with Gasteiger partial charge in [0.1, 0.15) is 0 Å². The lowest BCUT2D eigenvalue weighted by molar-refractivity contribution is 0.0303. The van der Waals surface area contributed by atoms with Crippen LogP contribution in [0.4, 0.5) is 0 Å². The molecule has 0 amide bonds. The Morgan fingerprint density at radius 1 is 1.15 bits per heavy atom. The summed E-state index contributed by atoms with van der Waals surface area (Å²) in [4.78, 5) is 2.39. The SMILES string of the molecule is O=S(=O)(CC1CCCCO1)NCC1CCN(Cc2ccccc2Cl)CC1. The Bertz CT molecular complexity index is 669. The van der Waals surface area contributed by atoms with Crippen LogP contribution in [0.2, 0.25) is 5.02 Å². The lowest BCUT2D eigenvalue weighted by Crippen LogP contribution is -2.40. The molecule has 0 aliphatic carbocycles. The van der Waals surface area contributed by atoms with Gasteiger partial charge in [-0.15, -0.1) is 0 Å². The second-order valence-corrected chi connectivity index (χ2v) is 9.69. The summed E-state index contributed by atoms with van der Waals surface area (Å²) in [6, 6.07) is 7.95. The number of nitrogens with zero attached hydrogens (tertiary/aromatic N) is 1. The van der Waals surface area contributed by atoms with Crippen molar-refractivity contribution in [1.82, 2.24) is 9.62 Å². The lowest BCUT2D eigenvalue weighted by atomic mass is 9.97. The molecular formula is C19H29ClN2O3S. The maximum Gasteiger partial charge on any atom is 0.214 e. The standard InChI is InChI=1S/C19H29ClN2O3S/c20-19-7-2-1-5-17(19)14-22-10-8-16(9-11-22)13-21-26(23,24)15-18-6-3-4-12-25-18/h1-2,5,7,16,18,21H,3-4,6,8-15H2. The predicted molar refractivity (Wildman–Crippen MR) is 105 cm³/mol. The minimum Gasteiger partial charge on any atom is -0.377 e. The van der Waals surface area contributed by atoms with Gasteiger partial charge in [-0.25, -0.2) is 13.1 Å². The van der Waals surface area contributed by atoms with Crippen molar-refractivity contribution in [3.05, 3.63) is 34.9 Å². The molecule has 1 aromatic rings. The summed E-state index contributed by atoms with van der Waals surface area (Å²) < 4.78 is 32.9. The van der Waals surface area contributed by atoms with Gasteiger partial charge in [0.2, 0.25) is 10.0 Å². The van der Waals surface area contributed by atoms with Crippen LogP contribution in [0.15, 0.2) is 24.3 Å². The van der Waals surface area contributed by atoms with Gasteiger partial charge in [-0.2, -0.15) is 0 Å². The van der Waals surface area contributed by atoms with E-state index >= 15 is 0 Å². The number of benzene rings is 1. The third kappa shape index (κ3) is 6.20. The molecule has 146 valence electrons. The fourth-order valence-corrected chi connectivity index (χ4v) is 5.26. The highest BCUT2D eigenvalue weighted by molar-refractivity contribution is 7.89. The molecule has 2 aliphatic heterocycles. The zero-order valence-corrected chi connectivity index (χ0v) is 16.8. The van der Waals surface area contributed by atoms with Crippen LogP contribution in [0, 0.1) is 5.92 Å². The second-order valence-electron chi connectivity index (χ2n) is 7.43. The number of hydrogen-bond acceptors (Lipinski definition) is 4. The monoisotopic (exact) mass is 400 g/mol. The van der Waals surface area contributed by atoms with Crippen LogP contribution in [0.3, 0.4) is 0 Å². The molecule has 2 saturated heterocycles. The third-order valence-corrected chi connectivity index (χ3v) is 7.12. The molecule has 1 aromatic carbocycles. The normalized spacial score (nSPS) is 23.2. The Kier molecular flexibility index (Phi) is 7.35. The highest BCUT2D eigenvalue weighted by Gasteiger charge is 2.24. The number of nitrogens with one attached hydrogen (secondary N) is 1. The molecule has 5 nitrogen and oxygen atoms in total. The summed E-state index contributed by atoms with van der Waals surface area (Å²) in [6.45, 7) is 4.03. The Morgan fingerprint density at radius 3 is 2.62 bits per heavy atom. The molecule has 2 heterocycles. The number of halogens is 1. The van der Waals surface area contributed by atoms with E-state index in [1.165, 1.54) is 0 Å². The quantitative estimate of drug-likeness (QED) is 0.764. The van der Waals surface area contributed by atoms with Crippen molar-refractivity contribution < 1.29 is 13.2 Å². The summed E-state index contributed by atoms with van der Waals surface area (Å²) in [5.74, 6) is 0.498. The summed E-state index contributed by atoms with van der Waals surface area (Å²) in [7, 11) is -3.25. The van der Waals surface area contributed by atoms with Crippen LogP contribution < -0.4 is 4.72 Å². The number of rotatable bonds is 7. The number of likely N-dealkylation sites (tertiary alicyclic amines) is 1. The van der Waals surface area contributed by atoms with Crippen LogP contribution in [0.25, 0.3) is 0 Å². The van der Waals surface area contributed by atoms with E-state index in [1.807, 2.05) is 18.2 Å². The summed E-state index contributed by atoms with van der Waals surface area (Å²) >= 11 is 6.24. The van der Waals surface area contributed by atoms with Crippen molar-refractivity contribution in [3.63, 3.8) is 0 Å². The van der Waals surface area contributed by atoms with Crippen LogP contribution in [0.1, 0.15) is 37.7 Å². The van der Waals surface area contributed by atoms with E-state index in [1.54, 1.807) is 0 Å². The summed E-state index contributed by atoms with van der Waals surface area (Å²) in [6.07, 6.45) is 4.82. The zero-order chi connectivity index (χ0) is 18.4. The number of sulfonamides is 1. The fourth-order valence-electron chi connectivity index (χ4n) is 3.70. The molecule has 0 spiro atoms. The molecule has 0 aromatic heterocycles. The minimum atomic E-state index is -3.25. The van der Waals surface area contributed by atoms with E-state index in [9.17, 15) is 8.42 Å². The van der Waals surface area contributed by atoms with Gasteiger partial charge in [0, 0.05) is 24.7 Å². The molecule has 1 unspecified atom stereocenters.